The second-order valence-corrected chi connectivity index (χ2v) is 5.00. The lowest BCUT2D eigenvalue weighted by Crippen LogP contribution is -2.28. The molecule has 0 aliphatic heterocycles. The molecule has 2 amide bonds. The molecule has 2 rings (SSSR count). The van der Waals surface area contributed by atoms with Crippen LogP contribution in [0.4, 0.5) is 28.0 Å². The Bertz CT molecular complexity index is 719. The number of amides is 2. The number of urea groups is 1. The minimum Gasteiger partial charge on any atom is -0.334 e. The molecular formula is C15H11ClF4N2O. The van der Waals surface area contributed by atoms with E-state index >= 15 is 0 Å². The van der Waals surface area contributed by atoms with E-state index in [9.17, 15) is 22.4 Å². The van der Waals surface area contributed by atoms with Crippen LogP contribution < -0.4 is 10.6 Å². The molecule has 3 nitrogen and oxygen atoms in total. The van der Waals surface area contributed by atoms with Crippen molar-refractivity contribution in [2.24, 2.45) is 0 Å². The smallest absolute Gasteiger partial charge is 0.334 e. The molecule has 0 fully saturated rings. The highest BCUT2D eigenvalue weighted by Gasteiger charge is 2.31. The van der Waals surface area contributed by atoms with Gasteiger partial charge in [0.2, 0.25) is 0 Å². The third-order valence-electron chi connectivity index (χ3n) is 2.93. The standard InChI is InChI=1S/C15H11ClF4N2O/c16-11-3-1-2-4-13(11)22-14(23)21-8-9-7-10(15(18,19)20)5-6-12(9)17/h1-7H,8H2,(H2,21,22,23). The molecule has 0 saturated carbocycles. The predicted molar refractivity (Wildman–Crippen MR) is 78.7 cm³/mol. The van der Waals surface area contributed by atoms with Crippen molar-refractivity contribution < 1.29 is 22.4 Å². The minimum atomic E-state index is -4.58. The number of anilines is 1. The highest BCUT2D eigenvalue weighted by molar-refractivity contribution is 6.33. The van der Waals surface area contributed by atoms with Gasteiger partial charge in [-0.15, -0.1) is 0 Å². The third-order valence-corrected chi connectivity index (χ3v) is 3.26. The van der Waals surface area contributed by atoms with Gasteiger partial charge in [-0.1, -0.05) is 23.7 Å². The van der Waals surface area contributed by atoms with E-state index in [0.717, 1.165) is 0 Å². The van der Waals surface area contributed by atoms with Crippen LogP contribution in [0.2, 0.25) is 5.02 Å². The molecule has 0 aliphatic carbocycles. The summed E-state index contributed by atoms with van der Waals surface area (Å²) in [5.74, 6) is -0.837. The summed E-state index contributed by atoms with van der Waals surface area (Å²) in [6.07, 6.45) is -4.58. The van der Waals surface area contributed by atoms with Gasteiger partial charge in [0.1, 0.15) is 5.82 Å². The van der Waals surface area contributed by atoms with E-state index in [1.165, 1.54) is 0 Å². The fraction of sp³-hybridized carbons (Fsp3) is 0.133. The molecule has 0 bridgehead atoms. The van der Waals surface area contributed by atoms with E-state index in [1.54, 1.807) is 24.3 Å². The minimum absolute atomic E-state index is 0.269. The third kappa shape index (κ3) is 4.59. The molecule has 0 unspecified atom stereocenters. The van der Waals surface area contributed by atoms with Crippen LogP contribution in [-0.2, 0) is 12.7 Å². The summed E-state index contributed by atoms with van der Waals surface area (Å²) in [5, 5.41) is 5.00. The lowest BCUT2D eigenvalue weighted by Gasteiger charge is -2.12. The Morgan fingerprint density at radius 3 is 2.48 bits per heavy atom. The maximum Gasteiger partial charge on any atom is 0.416 e. The average Bonchev–Trinajstić information content (AvgIpc) is 2.47. The molecular weight excluding hydrogens is 336 g/mol. The van der Waals surface area contributed by atoms with E-state index in [-0.39, 0.29) is 5.56 Å². The second-order valence-electron chi connectivity index (χ2n) is 4.59. The summed E-state index contributed by atoms with van der Waals surface area (Å²) in [6.45, 7) is -0.397. The number of alkyl halides is 3. The first kappa shape index (κ1) is 17.1. The van der Waals surface area contributed by atoms with E-state index in [4.69, 9.17) is 11.6 Å². The topological polar surface area (TPSA) is 41.1 Å². The van der Waals surface area contributed by atoms with Crippen molar-refractivity contribution in [2.75, 3.05) is 5.32 Å². The first-order chi connectivity index (χ1) is 10.8. The van der Waals surface area contributed by atoms with Crippen LogP contribution in [0.1, 0.15) is 11.1 Å². The Hall–Kier alpha value is -2.28. The van der Waals surface area contributed by atoms with Crippen molar-refractivity contribution in [3.8, 4) is 0 Å². The molecule has 0 saturated heterocycles. The van der Waals surface area contributed by atoms with E-state index < -0.39 is 30.1 Å². The number of carbonyl (C=O) groups is 1. The number of hydrogen-bond acceptors (Lipinski definition) is 1. The van der Waals surface area contributed by atoms with Crippen LogP contribution in [-0.4, -0.2) is 6.03 Å². The highest BCUT2D eigenvalue weighted by atomic mass is 35.5. The van der Waals surface area contributed by atoms with Crippen molar-refractivity contribution in [3.05, 3.63) is 64.4 Å². The molecule has 0 aromatic heterocycles. The lowest BCUT2D eigenvalue weighted by molar-refractivity contribution is -0.137. The van der Waals surface area contributed by atoms with E-state index in [0.29, 0.717) is 28.9 Å². The maximum absolute atomic E-state index is 13.5. The summed E-state index contributed by atoms with van der Waals surface area (Å²) in [6, 6.07) is 7.72. The van der Waals surface area contributed by atoms with Gasteiger partial charge in [-0.3, -0.25) is 0 Å². The molecule has 2 N–H and O–H groups in total. The Balaban J connectivity index is 2.03. The van der Waals surface area contributed by atoms with E-state index in [1.807, 2.05) is 0 Å². The number of carbonyl (C=O) groups excluding carboxylic acids is 1. The SMILES string of the molecule is O=C(NCc1cc(C(F)(F)F)ccc1F)Nc1ccccc1Cl. The Kier molecular flexibility index (Phi) is 5.10. The summed E-state index contributed by atoms with van der Waals surface area (Å²) < 4.78 is 51.3. The van der Waals surface area contributed by atoms with E-state index in [2.05, 4.69) is 10.6 Å². The fourth-order valence-corrected chi connectivity index (χ4v) is 1.97. The predicted octanol–water partition coefficient (Wildman–Crippen LogP) is 4.82. The van der Waals surface area contributed by atoms with Gasteiger partial charge in [0.25, 0.3) is 0 Å². The van der Waals surface area contributed by atoms with Gasteiger partial charge in [-0.2, -0.15) is 13.2 Å². The molecule has 0 radical (unpaired) electrons. The monoisotopic (exact) mass is 346 g/mol. The normalized spacial score (nSPS) is 11.2. The molecule has 0 atom stereocenters. The van der Waals surface area contributed by atoms with Crippen molar-refractivity contribution in [1.82, 2.24) is 5.32 Å². The zero-order valence-electron chi connectivity index (χ0n) is 11.5. The summed E-state index contributed by atoms with van der Waals surface area (Å²) in [5.41, 5.74) is -0.924. The molecule has 2 aromatic carbocycles. The molecule has 0 spiro atoms. The first-order valence-corrected chi connectivity index (χ1v) is 6.80. The Morgan fingerprint density at radius 2 is 1.83 bits per heavy atom. The largest absolute Gasteiger partial charge is 0.416 e. The Morgan fingerprint density at radius 1 is 1.13 bits per heavy atom. The second kappa shape index (κ2) is 6.87. The van der Waals surface area contributed by atoms with Crippen LogP contribution in [0.5, 0.6) is 0 Å². The molecule has 23 heavy (non-hydrogen) atoms. The zero-order valence-corrected chi connectivity index (χ0v) is 12.3. The fourth-order valence-electron chi connectivity index (χ4n) is 1.79. The highest BCUT2D eigenvalue weighted by Crippen LogP contribution is 2.30. The summed E-state index contributed by atoms with van der Waals surface area (Å²) in [4.78, 5) is 11.7. The van der Waals surface area contributed by atoms with Gasteiger partial charge in [0.15, 0.2) is 0 Å². The molecule has 0 aliphatic rings. The number of hydrogen-bond donors (Lipinski definition) is 2. The van der Waals surface area contributed by atoms with Crippen molar-refractivity contribution >= 4 is 23.3 Å². The van der Waals surface area contributed by atoms with Crippen LogP contribution >= 0.6 is 11.6 Å². The zero-order chi connectivity index (χ0) is 17.0. The summed E-state index contributed by atoms with van der Waals surface area (Å²) in [7, 11) is 0. The van der Waals surface area contributed by atoms with Crippen LogP contribution in [0.25, 0.3) is 0 Å². The quantitative estimate of drug-likeness (QED) is 0.769. The number of rotatable bonds is 3. The lowest BCUT2D eigenvalue weighted by atomic mass is 10.1. The average molecular weight is 347 g/mol. The Labute approximate surface area is 134 Å². The van der Waals surface area contributed by atoms with Gasteiger partial charge in [0.05, 0.1) is 16.3 Å². The van der Waals surface area contributed by atoms with Crippen molar-refractivity contribution in [3.63, 3.8) is 0 Å². The van der Waals surface area contributed by atoms with Gasteiger partial charge < -0.3 is 10.6 Å². The van der Waals surface area contributed by atoms with Crippen molar-refractivity contribution in [1.29, 1.82) is 0 Å². The van der Waals surface area contributed by atoms with Crippen molar-refractivity contribution in [2.45, 2.75) is 12.7 Å². The summed E-state index contributed by atoms with van der Waals surface area (Å²) >= 11 is 5.85. The van der Waals surface area contributed by atoms with Gasteiger partial charge in [-0.25, -0.2) is 9.18 Å². The number of nitrogens with one attached hydrogen (secondary N) is 2. The molecule has 0 heterocycles. The first-order valence-electron chi connectivity index (χ1n) is 6.42. The number of halogens is 5. The van der Waals surface area contributed by atoms with Crippen LogP contribution in [0.15, 0.2) is 42.5 Å². The number of para-hydroxylation sites is 1. The molecule has 122 valence electrons. The van der Waals surface area contributed by atoms with Crippen LogP contribution in [0.3, 0.4) is 0 Å². The van der Waals surface area contributed by atoms with Gasteiger partial charge >= 0.3 is 12.2 Å². The maximum atomic E-state index is 13.5. The number of benzene rings is 2. The molecule has 8 heteroatoms. The molecule has 2 aromatic rings. The van der Waals surface area contributed by atoms with Gasteiger partial charge in [-0.05, 0) is 30.3 Å². The van der Waals surface area contributed by atoms with Crippen LogP contribution in [0, 0.1) is 5.82 Å². The van der Waals surface area contributed by atoms with Gasteiger partial charge in [0, 0.05) is 12.1 Å².